The van der Waals surface area contributed by atoms with Gasteiger partial charge in [0.2, 0.25) is 0 Å². The van der Waals surface area contributed by atoms with Gasteiger partial charge in [-0.2, -0.15) is 5.14 Å². The van der Waals surface area contributed by atoms with E-state index in [0.717, 1.165) is 5.56 Å². The molecule has 0 radical (unpaired) electrons. The minimum atomic E-state index is -1.25. The van der Waals surface area contributed by atoms with E-state index in [1.54, 1.807) is 12.4 Å². The minimum absolute atomic E-state index is 0.420. The van der Waals surface area contributed by atoms with Gasteiger partial charge in [-0.15, -0.1) is 0 Å². The van der Waals surface area contributed by atoms with Crippen LogP contribution in [-0.2, 0) is 17.8 Å². The van der Waals surface area contributed by atoms with E-state index in [9.17, 15) is 4.55 Å². The van der Waals surface area contributed by atoms with Crippen molar-refractivity contribution in [2.45, 2.75) is 13.3 Å². The topological polar surface area (TPSA) is 74.9 Å². The Bertz CT molecular complexity index is 237. The van der Waals surface area contributed by atoms with Crippen LogP contribution in [-0.4, -0.2) is 20.3 Å². The number of nitrogens with two attached hydrogens (primary N) is 1. The molecule has 0 aliphatic carbocycles. The molecule has 4 nitrogen and oxygen atoms in total. The molecule has 12 heavy (non-hydrogen) atoms. The van der Waals surface area contributed by atoms with Gasteiger partial charge in [0.15, 0.2) is 0 Å². The summed E-state index contributed by atoms with van der Waals surface area (Å²) < 4.78 is 10.5. The SMILES string of the molecule is Cc1cnc(CC[S+](N)[O-])nc1. The second-order valence-corrected chi connectivity index (χ2v) is 3.68. The molecule has 0 bridgehead atoms. The average Bonchev–Trinajstić information content (AvgIpc) is 2.03. The van der Waals surface area contributed by atoms with Crippen LogP contribution in [0.3, 0.4) is 0 Å². The van der Waals surface area contributed by atoms with Crippen LogP contribution < -0.4 is 5.14 Å². The fraction of sp³-hybridized carbons (Fsp3) is 0.429. The Morgan fingerprint density at radius 1 is 1.50 bits per heavy atom. The quantitative estimate of drug-likeness (QED) is 0.670. The van der Waals surface area contributed by atoms with Crippen LogP contribution in [0, 0.1) is 6.92 Å². The van der Waals surface area contributed by atoms with Crippen LogP contribution >= 0.6 is 0 Å². The first-order chi connectivity index (χ1) is 5.68. The molecule has 0 aromatic carbocycles. The Morgan fingerprint density at radius 3 is 2.58 bits per heavy atom. The Balaban J connectivity index is 2.48. The summed E-state index contributed by atoms with van der Waals surface area (Å²) in [6.07, 6.45) is 4.05. The predicted octanol–water partition coefficient (Wildman–Crippen LogP) is -0.0501. The molecule has 0 saturated heterocycles. The molecule has 1 rings (SSSR count). The van der Waals surface area contributed by atoms with Gasteiger partial charge in [-0.25, -0.2) is 9.97 Å². The van der Waals surface area contributed by atoms with Crippen LogP contribution in [0.2, 0.25) is 0 Å². The molecule has 5 heteroatoms. The summed E-state index contributed by atoms with van der Waals surface area (Å²) in [5, 5.41) is 5.09. The number of hydrogen-bond acceptors (Lipinski definition) is 4. The highest BCUT2D eigenvalue weighted by molar-refractivity contribution is 7.89. The van der Waals surface area contributed by atoms with Crippen molar-refractivity contribution in [2.24, 2.45) is 5.14 Å². The molecule has 0 saturated carbocycles. The third kappa shape index (κ3) is 3.17. The maximum atomic E-state index is 10.5. The lowest BCUT2D eigenvalue weighted by Crippen LogP contribution is -2.18. The third-order valence-corrected chi connectivity index (χ3v) is 1.97. The summed E-state index contributed by atoms with van der Waals surface area (Å²) in [6.45, 7) is 1.92. The summed E-state index contributed by atoms with van der Waals surface area (Å²) in [5.74, 6) is 1.11. The molecule has 66 valence electrons. The van der Waals surface area contributed by atoms with Crippen LogP contribution in [0.1, 0.15) is 11.4 Å². The summed E-state index contributed by atoms with van der Waals surface area (Å²) in [6, 6.07) is 0. The first-order valence-corrected chi connectivity index (χ1v) is 4.97. The first kappa shape index (κ1) is 9.44. The monoisotopic (exact) mass is 185 g/mol. The Kier molecular flexibility index (Phi) is 3.46. The van der Waals surface area contributed by atoms with Gasteiger partial charge < -0.3 is 4.55 Å². The van der Waals surface area contributed by atoms with E-state index in [2.05, 4.69) is 9.97 Å². The smallest absolute Gasteiger partial charge is 0.132 e. The van der Waals surface area contributed by atoms with Crippen LogP contribution in [0.15, 0.2) is 12.4 Å². The fourth-order valence-electron chi connectivity index (χ4n) is 0.740. The normalized spacial score (nSPS) is 12.9. The van der Waals surface area contributed by atoms with Crippen molar-refractivity contribution < 1.29 is 4.55 Å². The van der Waals surface area contributed by atoms with Crippen molar-refractivity contribution in [3.8, 4) is 0 Å². The second kappa shape index (κ2) is 4.39. The molecule has 1 heterocycles. The van der Waals surface area contributed by atoms with Crippen LogP contribution in [0.4, 0.5) is 0 Å². The molecule has 1 aromatic rings. The van der Waals surface area contributed by atoms with Gasteiger partial charge in [0.25, 0.3) is 0 Å². The molecule has 0 aliphatic heterocycles. The molecule has 0 fully saturated rings. The average molecular weight is 185 g/mol. The van der Waals surface area contributed by atoms with Crippen molar-refractivity contribution in [1.82, 2.24) is 9.97 Å². The standard InChI is InChI=1S/C7H11N3OS/c1-6-4-9-7(10-5-6)2-3-12(8)11/h4-5H,2-3,8H2,1H3. The summed E-state index contributed by atoms with van der Waals surface area (Å²) in [7, 11) is 0. The molecular weight excluding hydrogens is 174 g/mol. The molecule has 1 atom stereocenters. The lowest BCUT2D eigenvalue weighted by Gasteiger charge is -2.01. The summed E-state index contributed by atoms with van der Waals surface area (Å²) >= 11 is -1.25. The molecule has 0 aliphatic rings. The highest BCUT2D eigenvalue weighted by Crippen LogP contribution is 1.95. The van der Waals surface area contributed by atoms with E-state index >= 15 is 0 Å². The first-order valence-electron chi connectivity index (χ1n) is 3.59. The maximum Gasteiger partial charge on any atom is 0.132 e. The van der Waals surface area contributed by atoms with Crippen molar-refractivity contribution in [2.75, 3.05) is 5.75 Å². The van der Waals surface area contributed by atoms with E-state index in [0.29, 0.717) is 18.0 Å². The fourth-order valence-corrected chi connectivity index (χ4v) is 1.12. The van der Waals surface area contributed by atoms with Gasteiger partial charge in [0, 0.05) is 23.8 Å². The third-order valence-electron chi connectivity index (χ3n) is 1.36. The lowest BCUT2D eigenvalue weighted by atomic mass is 10.4. The molecule has 1 aromatic heterocycles. The largest absolute Gasteiger partial charge is 0.598 e. The van der Waals surface area contributed by atoms with Gasteiger partial charge >= 0.3 is 0 Å². The number of nitrogens with zero attached hydrogens (tertiary/aromatic N) is 2. The Hall–Kier alpha value is -0.650. The summed E-state index contributed by atoms with van der Waals surface area (Å²) in [5.41, 5.74) is 1.02. The lowest BCUT2D eigenvalue weighted by molar-refractivity contribution is 0.595. The maximum absolute atomic E-state index is 10.5. The van der Waals surface area contributed by atoms with Gasteiger partial charge in [0.1, 0.15) is 11.6 Å². The number of hydrogen-bond donors (Lipinski definition) is 1. The van der Waals surface area contributed by atoms with Crippen molar-refractivity contribution in [1.29, 1.82) is 0 Å². The Morgan fingerprint density at radius 2 is 2.08 bits per heavy atom. The van der Waals surface area contributed by atoms with Crippen molar-refractivity contribution >= 4 is 11.4 Å². The minimum Gasteiger partial charge on any atom is -0.598 e. The van der Waals surface area contributed by atoms with Crippen LogP contribution in [0.25, 0.3) is 0 Å². The second-order valence-electron chi connectivity index (χ2n) is 2.51. The van der Waals surface area contributed by atoms with Crippen LogP contribution in [0.5, 0.6) is 0 Å². The van der Waals surface area contributed by atoms with Gasteiger partial charge in [-0.3, -0.25) is 0 Å². The number of rotatable bonds is 3. The summed E-state index contributed by atoms with van der Waals surface area (Å²) in [4.78, 5) is 8.10. The van der Waals surface area contributed by atoms with Gasteiger partial charge in [-0.1, -0.05) is 0 Å². The number of aryl methyl sites for hydroxylation is 2. The Labute approximate surface area is 74.5 Å². The van der Waals surface area contributed by atoms with Gasteiger partial charge in [0.05, 0.1) is 6.42 Å². The molecule has 0 spiro atoms. The molecule has 0 amide bonds. The van der Waals surface area contributed by atoms with E-state index in [1.165, 1.54) is 0 Å². The van der Waals surface area contributed by atoms with E-state index in [1.807, 2.05) is 6.92 Å². The van der Waals surface area contributed by atoms with E-state index in [4.69, 9.17) is 5.14 Å². The number of aromatic nitrogens is 2. The van der Waals surface area contributed by atoms with Crippen molar-refractivity contribution in [3.05, 3.63) is 23.8 Å². The highest BCUT2D eigenvalue weighted by Gasteiger charge is 2.01. The van der Waals surface area contributed by atoms with E-state index in [-0.39, 0.29) is 0 Å². The van der Waals surface area contributed by atoms with Gasteiger partial charge in [-0.05, 0) is 12.5 Å². The zero-order valence-corrected chi connectivity index (χ0v) is 7.67. The van der Waals surface area contributed by atoms with E-state index < -0.39 is 11.4 Å². The zero-order chi connectivity index (χ0) is 8.97. The van der Waals surface area contributed by atoms with Crippen molar-refractivity contribution in [3.63, 3.8) is 0 Å². The molecular formula is C7H11N3OS. The molecule has 1 unspecified atom stereocenters. The molecule has 2 N–H and O–H groups in total. The predicted molar refractivity (Wildman–Crippen MR) is 47.7 cm³/mol. The highest BCUT2D eigenvalue weighted by atomic mass is 32.2. The zero-order valence-electron chi connectivity index (χ0n) is 6.86.